The number of aryl methyl sites for hydroxylation is 1. The first-order chi connectivity index (χ1) is 14.4. The van der Waals surface area contributed by atoms with Crippen molar-refractivity contribution in [3.8, 4) is 0 Å². The molecule has 2 aromatic rings. The van der Waals surface area contributed by atoms with Crippen LogP contribution in [0, 0.1) is 24.4 Å². The van der Waals surface area contributed by atoms with Crippen LogP contribution < -0.4 is 21.8 Å². The SMILES string of the molecule is Cc1ccc(Nc2c(C(=O)NOCCO)cc(CNCCCN)c(F)c2F)c(F)c1. The zero-order valence-corrected chi connectivity index (χ0v) is 16.5. The Balaban J connectivity index is 2.41. The Labute approximate surface area is 172 Å². The Hall–Kier alpha value is -2.66. The summed E-state index contributed by atoms with van der Waals surface area (Å²) in [5.41, 5.74) is 7.04. The van der Waals surface area contributed by atoms with Gasteiger partial charge in [-0.15, -0.1) is 0 Å². The lowest BCUT2D eigenvalue weighted by Gasteiger charge is -2.17. The smallest absolute Gasteiger partial charge is 0.277 e. The highest BCUT2D eigenvalue weighted by Crippen LogP contribution is 2.30. The van der Waals surface area contributed by atoms with Crippen LogP contribution in [0.2, 0.25) is 0 Å². The number of aliphatic hydroxyl groups is 1. The maximum Gasteiger partial charge on any atom is 0.277 e. The molecular weight excluding hydrogens is 401 g/mol. The molecule has 164 valence electrons. The highest BCUT2D eigenvalue weighted by atomic mass is 19.2. The number of nitrogens with two attached hydrogens (primary N) is 1. The standard InChI is InChI=1S/C20H25F3N4O3/c1-12-3-4-16(15(21)9-12)26-19-14(20(29)27-30-8-7-28)10-13(17(22)18(19)23)11-25-6-2-5-24/h3-4,9-10,25-26,28H,2,5-8,11,24H2,1H3,(H,27,29). The predicted octanol–water partition coefficient (Wildman–Crippen LogP) is 2.25. The average Bonchev–Trinajstić information content (AvgIpc) is 2.72. The van der Waals surface area contributed by atoms with Crippen molar-refractivity contribution in [2.75, 3.05) is 31.6 Å². The van der Waals surface area contributed by atoms with Crippen LogP contribution in [-0.2, 0) is 11.4 Å². The summed E-state index contributed by atoms with van der Waals surface area (Å²) in [5.74, 6) is -4.08. The third-order valence-electron chi connectivity index (χ3n) is 4.14. The third kappa shape index (κ3) is 6.17. The Morgan fingerprint density at radius 2 is 1.97 bits per heavy atom. The van der Waals surface area contributed by atoms with Gasteiger partial charge in [0.2, 0.25) is 0 Å². The lowest BCUT2D eigenvalue weighted by atomic mass is 10.1. The summed E-state index contributed by atoms with van der Waals surface area (Å²) in [6, 6.07) is 5.31. The first-order valence-corrected chi connectivity index (χ1v) is 9.36. The Morgan fingerprint density at radius 3 is 2.63 bits per heavy atom. The van der Waals surface area contributed by atoms with E-state index in [4.69, 9.17) is 15.7 Å². The molecule has 0 aliphatic rings. The summed E-state index contributed by atoms with van der Waals surface area (Å²) in [6.07, 6.45) is 0.638. The zero-order valence-electron chi connectivity index (χ0n) is 16.5. The number of hydrogen-bond donors (Lipinski definition) is 5. The summed E-state index contributed by atoms with van der Waals surface area (Å²) >= 11 is 0. The average molecular weight is 426 g/mol. The number of hydroxylamine groups is 1. The van der Waals surface area contributed by atoms with Gasteiger partial charge in [-0.05, 0) is 50.2 Å². The molecule has 2 rings (SSSR count). The molecule has 0 aliphatic heterocycles. The van der Waals surface area contributed by atoms with Crippen molar-refractivity contribution in [2.45, 2.75) is 19.9 Å². The van der Waals surface area contributed by atoms with E-state index >= 15 is 0 Å². The number of halogens is 3. The minimum atomic E-state index is -1.33. The molecule has 6 N–H and O–H groups in total. The second-order valence-corrected chi connectivity index (χ2v) is 6.52. The Morgan fingerprint density at radius 1 is 1.20 bits per heavy atom. The van der Waals surface area contributed by atoms with Crippen LogP contribution >= 0.6 is 0 Å². The van der Waals surface area contributed by atoms with Crippen LogP contribution in [0.1, 0.15) is 27.9 Å². The van der Waals surface area contributed by atoms with Gasteiger partial charge in [0.05, 0.1) is 30.2 Å². The highest BCUT2D eigenvalue weighted by molar-refractivity contribution is 6.00. The van der Waals surface area contributed by atoms with Crippen LogP contribution in [0.4, 0.5) is 24.5 Å². The monoisotopic (exact) mass is 426 g/mol. The molecule has 10 heteroatoms. The van der Waals surface area contributed by atoms with Crippen molar-refractivity contribution in [3.05, 3.63) is 58.4 Å². The first kappa shape index (κ1) is 23.6. The van der Waals surface area contributed by atoms with Gasteiger partial charge in [-0.1, -0.05) is 6.07 Å². The van der Waals surface area contributed by atoms with Gasteiger partial charge in [0.1, 0.15) is 5.82 Å². The van der Waals surface area contributed by atoms with Crippen LogP contribution in [-0.4, -0.2) is 37.3 Å². The van der Waals surface area contributed by atoms with Gasteiger partial charge in [-0.25, -0.2) is 18.7 Å². The van der Waals surface area contributed by atoms with Crippen molar-refractivity contribution >= 4 is 17.3 Å². The van der Waals surface area contributed by atoms with Gasteiger partial charge in [0.15, 0.2) is 11.6 Å². The summed E-state index contributed by atoms with van der Waals surface area (Å²) in [5, 5.41) is 14.1. The number of rotatable bonds is 11. The molecule has 0 fully saturated rings. The van der Waals surface area contributed by atoms with Crippen LogP contribution in [0.25, 0.3) is 0 Å². The fourth-order valence-electron chi connectivity index (χ4n) is 2.63. The van der Waals surface area contributed by atoms with Crippen LogP contribution in [0.15, 0.2) is 24.3 Å². The van der Waals surface area contributed by atoms with E-state index in [1.807, 2.05) is 5.48 Å². The van der Waals surface area contributed by atoms with Crippen molar-refractivity contribution in [3.63, 3.8) is 0 Å². The number of anilines is 2. The maximum absolute atomic E-state index is 14.9. The van der Waals surface area contributed by atoms with E-state index < -0.39 is 29.0 Å². The summed E-state index contributed by atoms with van der Waals surface area (Å²) in [4.78, 5) is 17.3. The normalized spacial score (nSPS) is 10.9. The second-order valence-electron chi connectivity index (χ2n) is 6.52. The molecule has 2 aromatic carbocycles. The Kier molecular flexibility index (Phi) is 9.06. The number of nitrogens with one attached hydrogen (secondary N) is 3. The van der Waals surface area contributed by atoms with E-state index in [1.54, 1.807) is 13.0 Å². The molecule has 30 heavy (non-hydrogen) atoms. The largest absolute Gasteiger partial charge is 0.394 e. The minimum absolute atomic E-state index is 0.0420. The van der Waals surface area contributed by atoms with E-state index in [0.29, 0.717) is 25.1 Å². The lowest BCUT2D eigenvalue weighted by Crippen LogP contribution is -2.27. The fourth-order valence-corrected chi connectivity index (χ4v) is 2.63. The zero-order chi connectivity index (χ0) is 22.1. The number of hydrogen-bond acceptors (Lipinski definition) is 6. The molecule has 0 radical (unpaired) electrons. The topological polar surface area (TPSA) is 109 Å². The quantitative estimate of drug-likeness (QED) is 0.279. The first-order valence-electron chi connectivity index (χ1n) is 9.36. The van der Waals surface area contributed by atoms with Gasteiger partial charge in [-0.3, -0.25) is 9.63 Å². The van der Waals surface area contributed by atoms with E-state index in [2.05, 4.69) is 10.6 Å². The van der Waals surface area contributed by atoms with E-state index in [9.17, 15) is 18.0 Å². The fraction of sp³-hybridized carbons (Fsp3) is 0.350. The molecule has 0 bridgehead atoms. The van der Waals surface area contributed by atoms with Gasteiger partial charge in [-0.2, -0.15) is 0 Å². The van der Waals surface area contributed by atoms with Gasteiger partial charge in [0, 0.05) is 12.1 Å². The number of aliphatic hydroxyl groups excluding tert-OH is 1. The lowest BCUT2D eigenvalue weighted by molar-refractivity contribution is 0.0168. The Bertz CT molecular complexity index is 881. The minimum Gasteiger partial charge on any atom is -0.394 e. The van der Waals surface area contributed by atoms with Gasteiger partial charge < -0.3 is 21.5 Å². The number of carbonyl (C=O) groups is 1. The summed E-state index contributed by atoms with van der Waals surface area (Å²) in [6.45, 7) is 2.00. The molecule has 0 saturated carbocycles. The second kappa shape index (κ2) is 11.5. The summed E-state index contributed by atoms with van der Waals surface area (Å²) in [7, 11) is 0. The molecular formula is C20H25F3N4O3. The molecule has 0 aliphatic carbocycles. The number of amides is 1. The molecule has 7 nitrogen and oxygen atoms in total. The molecule has 0 saturated heterocycles. The molecule has 0 heterocycles. The van der Waals surface area contributed by atoms with E-state index in [0.717, 1.165) is 6.07 Å². The third-order valence-corrected chi connectivity index (χ3v) is 4.14. The van der Waals surface area contributed by atoms with Crippen molar-refractivity contribution in [1.29, 1.82) is 0 Å². The molecule has 0 atom stereocenters. The van der Waals surface area contributed by atoms with E-state index in [1.165, 1.54) is 12.1 Å². The molecule has 0 aromatic heterocycles. The predicted molar refractivity (Wildman–Crippen MR) is 107 cm³/mol. The van der Waals surface area contributed by atoms with Gasteiger partial charge in [0.25, 0.3) is 5.91 Å². The van der Waals surface area contributed by atoms with Crippen molar-refractivity contribution in [1.82, 2.24) is 10.8 Å². The molecule has 0 unspecified atom stereocenters. The van der Waals surface area contributed by atoms with Crippen molar-refractivity contribution in [2.24, 2.45) is 5.73 Å². The molecule has 1 amide bonds. The highest BCUT2D eigenvalue weighted by Gasteiger charge is 2.23. The van der Waals surface area contributed by atoms with Crippen LogP contribution in [0.3, 0.4) is 0 Å². The maximum atomic E-state index is 14.9. The number of benzene rings is 2. The van der Waals surface area contributed by atoms with Gasteiger partial charge >= 0.3 is 0 Å². The van der Waals surface area contributed by atoms with Crippen molar-refractivity contribution < 1.29 is 27.9 Å². The molecule has 0 spiro atoms. The van der Waals surface area contributed by atoms with E-state index in [-0.39, 0.29) is 36.6 Å². The van der Waals surface area contributed by atoms with Crippen LogP contribution in [0.5, 0.6) is 0 Å². The summed E-state index contributed by atoms with van der Waals surface area (Å²) < 4.78 is 43.7. The number of carbonyl (C=O) groups excluding carboxylic acids is 1.